The van der Waals surface area contributed by atoms with Crippen molar-refractivity contribution in [1.29, 1.82) is 0 Å². The first-order chi connectivity index (χ1) is 9.60. The van der Waals surface area contributed by atoms with Crippen molar-refractivity contribution in [2.24, 2.45) is 17.7 Å². The monoisotopic (exact) mass is 297 g/mol. The Morgan fingerprint density at radius 1 is 0.850 bits per heavy atom. The van der Waals surface area contributed by atoms with Gasteiger partial charge in [0, 0.05) is 6.54 Å². The van der Waals surface area contributed by atoms with Gasteiger partial charge >= 0.3 is 12.2 Å². The molecule has 0 radical (unpaired) electrons. The Hall–Kier alpha value is -1.70. The van der Waals surface area contributed by atoms with Crippen LogP contribution in [0, 0.1) is 0 Å². The molecule has 6 N–H and O–H groups in total. The summed E-state index contributed by atoms with van der Waals surface area (Å²) in [4.78, 5) is 37.7. The Morgan fingerprint density at radius 3 is 1.65 bits per heavy atom. The van der Waals surface area contributed by atoms with Crippen LogP contribution in [0.3, 0.4) is 0 Å². The lowest BCUT2D eigenvalue weighted by Crippen LogP contribution is -2.39. The summed E-state index contributed by atoms with van der Waals surface area (Å²) in [7, 11) is 0. The zero-order chi connectivity index (χ0) is 15.4. The van der Waals surface area contributed by atoms with Gasteiger partial charge in [0.15, 0.2) is 0 Å². The molecule has 0 heterocycles. The molecule has 20 heavy (non-hydrogen) atoms. The quantitative estimate of drug-likeness (QED) is 0.332. The van der Waals surface area contributed by atoms with Gasteiger partial charge in [-0.05, 0) is 6.92 Å². The molecule has 0 aromatic rings. The molecule has 0 saturated heterocycles. The Balaban J connectivity index is 4.07. The van der Waals surface area contributed by atoms with Gasteiger partial charge in [0.05, 0.1) is 0 Å². The van der Waals surface area contributed by atoms with Gasteiger partial charge in [-0.1, -0.05) is 0 Å². The molecule has 0 atom stereocenters. The van der Waals surface area contributed by atoms with Crippen molar-refractivity contribution in [3.63, 3.8) is 0 Å². The minimum atomic E-state index is -0.896. The molecule has 12 heteroatoms. The van der Waals surface area contributed by atoms with Crippen LogP contribution in [0.25, 0.3) is 0 Å². The van der Waals surface area contributed by atoms with Crippen molar-refractivity contribution in [1.82, 2.24) is 9.80 Å². The van der Waals surface area contributed by atoms with Gasteiger partial charge in [0.25, 0.3) is 0 Å². The lowest BCUT2D eigenvalue weighted by Gasteiger charge is -2.21. The fourth-order valence-electron chi connectivity index (χ4n) is 0.999. The summed E-state index contributed by atoms with van der Waals surface area (Å²) in [5, 5.41) is 0. The molecule has 0 saturated carbocycles. The van der Waals surface area contributed by atoms with Crippen molar-refractivity contribution in [3.8, 4) is 0 Å². The van der Waals surface area contributed by atoms with Crippen molar-refractivity contribution < 1.29 is 33.6 Å². The number of rotatable bonds is 9. The molecule has 0 spiro atoms. The summed E-state index contributed by atoms with van der Waals surface area (Å²) in [6.45, 7) is 0.587. The van der Waals surface area contributed by atoms with Gasteiger partial charge < -0.3 is 9.47 Å². The lowest BCUT2D eigenvalue weighted by molar-refractivity contribution is -0.0638. The predicted octanol–water partition coefficient (Wildman–Crippen LogP) is -1.62. The molecule has 0 aromatic carbocycles. The van der Waals surface area contributed by atoms with Crippen molar-refractivity contribution in [2.75, 3.05) is 33.5 Å². The van der Waals surface area contributed by atoms with Gasteiger partial charge in [-0.15, -0.1) is 0 Å². The SMILES string of the molecule is CCN(CON)C(=O)OCOC(=O)N(CON)CON. The molecule has 0 fully saturated rings. The number of nitrogens with two attached hydrogens (primary N) is 3. The molecule has 118 valence electrons. The first kappa shape index (κ1) is 18.3. The number of hydrogen-bond donors (Lipinski definition) is 3. The maximum atomic E-state index is 11.5. The van der Waals surface area contributed by atoms with Gasteiger partial charge in [-0.3, -0.25) is 24.3 Å². The van der Waals surface area contributed by atoms with Gasteiger partial charge in [0.2, 0.25) is 6.79 Å². The van der Waals surface area contributed by atoms with E-state index in [0.29, 0.717) is 6.54 Å². The van der Waals surface area contributed by atoms with E-state index < -0.39 is 19.0 Å². The number of carbonyl (C=O) groups is 2. The summed E-state index contributed by atoms with van der Waals surface area (Å²) >= 11 is 0. The number of nitrogens with zero attached hydrogens (tertiary/aromatic N) is 2. The second-order valence-electron chi connectivity index (χ2n) is 3.22. The number of hydrogen-bond acceptors (Lipinski definition) is 10. The van der Waals surface area contributed by atoms with Crippen LogP contribution in [0.4, 0.5) is 9.59 Å². The Labute approximate surface area is 115 Å². The Bertz CT molecular complexity index is 286. The summed E-state index contributed by atoms with van der Waals surface area (Å²) < 4.78 is 9.29. The van der Waals surface area contributed by atoms with Gasteiger partial charge in [0.1, 0.15) is 20.2 Å². The van der Waals surface area contributed by atoms with Crippen LogP contribution in [0.5, 0.6) is 0 Å². The molecule has 12 nitrogen and oxygen atoms in total. The zero-order valence-electron chi connectivity index (χ0n) is 11.0. The fraction of sp³-hybridized carbons (Fsp3) is 0.750. The van der Waals surface area contributed by atoms with Crippen LogP contribution in [-0.4, -0.2) is 55.5 Å². The highest BCUT2D eigenvalue weighted by atomic mass is 16.7. The van der Waals surface area contributed by atoms with E-state index in [1.165, 1.54) is 0 Å². The fourth-order valence-corrected chi connectivity index (χ4v) is 0.999. The largest absolute Gasteiger partial charge is 0.416 e. The van der Waals surface area contributed by atoms with E-state index in [1.807, 2.05) is 0 Å². The minimum absolute atomic E-state index is 0.155. The van der Waals surface area contributed by atoms with E-state index >= 15 is 0 Å². The highest BCUT2D eigenvalue weighted by Crippen LogP contribution is 1.97. The molecular formula is C8H19N5O7. The van der Waals surface area contributed by atoms with Crippen LogP contribution in [0.15, 0.2) is 0 Å². The lowest BCUT2D eigenvalue weighted by atomic mass is 10.6. The van der Waals surface area contributed by atoms with Gasteiger partial charge in [-0.25, -0.2) is 27.3 Å². The third-order valence-corrected chi connectivity index (χ3v) is 1.95. The maximum absolute atomic E-state index is 11.5. The highest BCUT2D eigenvalue weighted by molar-refractivity contribution is 5.69. The van der Waals surface area contributed by atoms with Crippen molar-refractivity contribution >= 4 is 12.2 Å². The van der Waals surface area contributed by atoms with Crippen LogP contribution >= 0.6 is 0 Å². The molecule has 0 aliphatic heterocycles. The highest BCUT2D eigenvalue weighted by Gasteiger charge is 2.17. The van der Waals surface area contributed by atoms with E-state index in [1.54, 1.807) is 6.92 Å². The Kier molecular flexibility index (Phi) is 10.2. The van der Waals surface area contributed by atoms with Crippen LogP contribution < -0.4 is 17.7 Å². The van der Waals surface area contributed by atoms with Crippen molar-refractivity contribution in [2.45, 2.75) is 6.92 Å². The predicted molar refractivity (Wildman–Crippen MR) is 62.5 cm³/mol. The summed E-state index contributed by atoms with van der Waals surface area (Å²) in [5.41, 5.74) is 0. The first-order valence-corrected chi connectivity index (χ1v) is 5.39. The molecule has 0 rings (SSSR count). The topological polar surface area (TPSA) is 165 Å². The first-order valence-electron chi connectivity index (χ1n) is 5.39. The number of amides is 2. The van der Waals surface area contributed by atoms with Gasteiger partial charge in [-0.2, -0.15) is 0 Å². The average molecular weight is 297 g/mol. The maximum Gasteiger partial charge on any atom is 0.416 e. The second kappa shape index (κ2) is 11.2. The summed E-state index contributed by atoms with van der Waals surface area (Å²) in [6.07, 6.45) is -1.66. The molecule has 0 aliphatic rings. The van der Waals surface area contributed by atoms with E-state index in [2.05, 4.69) is 24.0 Å². The molecule has 0 bridgehead atoms. The third-order valence-electron chi connectivity index (χ3n) is 1.95. The van der Waals surface area contributed by atoms with E-state index in [9.17, 15) is 9.59 Å². The molecule has 0 aromatic heterocycles. The van der Waals surface area contributed by atoms with E-state index in [0.717, 1.165) is 9.80 Å². The second-order valence-corrected chi connectivity index (χ2v) is 3.22. The number of carbonyl (C=O) groups excluding carboxylic acids is 2. The smallest absolute Gasteiger partial charge is 0.411 e. The Morgan fingerprint density at radius 2 is 1.25 bits per heavy atom. The minimum Gasteiger partial charge on any atom is -0.411 e. The zero-order valence-corrected chi connectivity index (χ0v) is 11.0. The third kappa shape index (κ3) is 7.03. The molecule has 0 unspecified atom stereocenters. The van der Waals surface area contributed by atoms with Crippen LogP contribution in [-0.2, 0) is 24.0 Å². The normalized spacial score (nSPS) is 10.0. The molecule has 2 amide bonds. The van der Waals surface area contributed by atoms with Crippen LogP contribution in [0.1, 0.15) is 6.92 Å². The van der Waals surface area contributed by atoms with E-state index in [-0.39, 0.29) is 20.2 Å². The van der Waals surface area contributed by atoms with E-state index in [4.69, 9.17) is 17.7 Å². The molecule has 0 aliphatic carbocycles. The van der Waals surface area contributed by atoms with Crippen molar-refractivity contribution in [3.05, 3.63) is 0 Å². The average Bonchev–Trinajstić information content (AvgIpc) is 2.44. The summed E-state index contributed by atoms with van der Waals surface area (Å²) in [6, 6.07) is 0. The molecular weight excluding hydrogens is 278 g/mol. The number of ether oxygens (including phenoxy) is 2. The standard InChI is InChI=1S/C8H19N5O7/c1-2-12(3-18-9)7(14)16-6-17-8(15)13(4-19-10)5-20-11/h2-6,9-11H2,1H3. The summed E-state index contributed by atoms with van der Waals surface area (Å²) in [5.74, 6) is 14.4. The van der Waals surface area contributed by atoms with Crippen LogP contribution in [0.2, 0.25) is 0 Å².